The first-order chi connectivity index (χ1) is 9.72. The molecule has 0 spiro atoms. The number of anilines is 1. The van der Waals surface area contributed by atoms with Crippen molar-refractivity contribution >= 4 is 11.7 Å². The molecule has 6 heteroatoms. The van der Waals surface area contributed by atoms with Gasteiger partial charge in [-0.15, -0.1) is 0 Å². The Balaban J connectivity index is 1.70. The highest BCUT2D eigenvalue weighted by atomic mass is 16.2. The molecule has 1 aliphatic rings. The fourth-order valence-electron chi connectivity index (χ4n) is 2.27. The molecule has 1 aliphatic heterocycles. The van der Waals surface area contributed by atoms with Gasteiger partial charge in [0.1, 0.15) is 0 Å². The van der Waals surface area contributed by atoms with Crippen molar-refractivity contribution in [3.8, 4) is 0 Å². The first-order valence-electron chi connectivity index (χ1n) is 6.39. The van der Waals surface area contributed by atoms with Gasteiger partial charge in [0.25, 0.3) is 5.56 Å². The Morgan fingerprint density at radius 2 is 2.00 bits per heavy atom. The Morgan fingerprint density at radius 1 is 1.20 bits per heavy atom. The topological polar surface area (TPSA) is 86.9 Å². The van der Waals surface area contributed by atoms with Crippen LogP contribution in [0.3, 0.4) is 0 Å². The van der Waals surface area contributed by atoms with E-state index in [9.17, 15) is 9.59 Å². The predicted octanol–water partition coefficient (Wildman–Crippen LogP) is 0.423. The molecule has 1 amide bonds. The third-order valence-electron chi connectivity index (χ3n) is 3.33. The number of amides is 1. The number of rotatable bonds is 2. The monoisotopic (exact) mass is 270 g/mol. The van der Waals surface area contributed by atoms with Crippen LogP contribution in [0.25, 0.3) is 0 Å². The number of fused-ring (bicyclic) bond motifs is 1. The van der Waals surface area contributed by atoms with E-state index in [1.807, 2.05) is 18.2 Å². The summed E-state index contributed by atoms with van der Waals surface area (Å²) in [6, 6.07) is 10.6. The Kier molecular flexibility index (Phi) is 3.30. The molecule has 0 bridgehead atoms. The molecule has 6 nitrogen and oxygen atoms in total. The van der Waals surface area contributed by atoms with Crippen LogP contribution in [-0.2, 0) is 17.8 Å². The van der Waals surface area contributed by atoms with Gasteiger partial charge in [0.15, 0.2) is 5.82 Å². The zero-order chi connectivity index (χ0) is 13.9. The molecule has 2 heterocycles. The van der Waals surface area contributed by atoms with Crippen molar-refractivity contribution < 1.29 is 4.79 Å². The van der Waals surface area contributed by atoms with E-state index in [0.29, 0.717) is 18.8 Å². The number of aromatic amines is 1. The van der Waals surface area contributed by atoms with Crippen LogP contribution < -0.4 is 16.2 Å². The van der Waals surface area contributed by atoms with E-state index in [1.165, 1.54) is 23.3 Å². The van der Waals surface area contributed by atoms with Crippen molar-refractivity contribution in [2.24, 2.45) is 0 Å². The van der Waals surface area contributed by atoms with Gasteiger partial charge in [-0.05, 0) is 23.6 Å². The Morgan fingerprint density at radius 3 is 2.75 bits per heavy atom. The molecular formula is C14H14N4O2. The first-order valence-corrected chi connectivity index (χ1v) is 6.39. The number of benzene rings is 1. The zero-order valence-corrected chi connectivity index (χ0v) is 10.7. The highest BCUT2D eigenvalue weighted by molar-refractivity contribution is 5.94. The largest absolute Gasteiger partial charge is 0.308 e. The lowest BCUT2D eigenvalue weighted by molar-refractivity contribution is -0.118. The van der Waals surface area contributed by atoms with Gasteiger partial charge in [0.05, 0.1) is 6.04 Å². The minimum Gasteiger partial charge on any atom is -0.308 e. The quantitative estimate of drug-likeness (QED) is 0.738. The van der Waals surface area contributed by atoms with Gasteiger partial charge < -0.3 is 10.6 Å². The Bertz CT molecular complexity index is 675. The van der Waals surface area contributed by atoms with Crippen LogP contribution in [0.1, 0.15) is 11.1 Å². The van der Waals surface area contributed by atoms with Crippen LogP contribution >= 0.6 is 0 Å². The summed E-state index contributed by atoms with van der Waals surface area (Å²) in [5.41, 5.74) is 2.10. The molecular weight excluding hydrogens is 256 g/mol. The average Bonchev–Trinajstić information content (AvgIpc) is 2.49. The number of nitrogens with zero attached hydrogens (tertiary/aromatic N) is 1. The van der Waals surface area contributed by atoms with Crippen LogP contribution in [0.2, 0.25) is 0 Å². The van der Waals surface area contributed by atoms with Crippen LogP contribution in [0, 0.1) is 0 Å². The standard InChI is InChI=1S/C14H14N4O2/c19-13-6-5-12(17-18-13)16-14(20)11-7-9-3-1-2-4-10(9)8-15-11/h1-6,11,15H,7-8H2,(H,18,19)(H,16,17,20)/t11-/m1/s1. The van der Waals surface area contributed by atoms with E-state index in [2.05, 4.69) is 26.9 Å². The second-order valence-electron chi connectivity index (χ2n) is 4.70. The molecule has 102 valence electrons. The van der Waals surface area contributed by atoms with Crippen molar-refractivity contribution in [2.75, 3.05) is 5.32 Å². The van der Waals surface area contributed by atoms with Crippen molar-refractivity contribution in [1.29, 1.82) is 0 Å². The third-order valence-corrected chi connectivity index (χ3v) is 3.33. The van der Waals surface area contributed by atoms with Crippen molar-refractivity contribution in [2.45, 2.75) is 19.0 Å². The highest BCUT2D eigenvalue weighted by Gasteiger charge is 2.24. The summed E-state index contributed by atoms with van der Waals surface area (Å²) in [6.07, 6.45) is 0.644. The summed E-state index contributed by atoms with van der Waals surface area (Å²) in [5.74, 6) is 0.189. The third kappa shape index (κ3) is 2.60. The average molecular weight is 270 g/mol. The molecule has 1 aromatic carbocycles. The molecule has 20 heavy (non-hydrogen) atoms. The minimum absolute atomic E-state index is 0.154. The highest BCUT2D eigenvalue weighted by Crippen LogP contribution is 2.16. The van der Waals surface area contributed by atoms with E-state index in [1.54, 1.807) is 0 Å². The number of carbonyl (C=O) groups is 1. The van der Waals surface area contributed by atoms with Gasteiger partial charge in [-0.2, -0.15) is 5.10 Å². The lowest BCUT2D eigenvalue weighted by atomic mass is 9.95. The van der Waals surface area contributed by atoms with E-state index in [0.717, 1.165) is 0 Å². The van der Waals surface area contributed by atoms with E-state index < -0.39 is 0 Å². The second kappa shape index (κ2) is 5.26. The van der Waals surface area contributed by atoms with E-state index >= 15 is 0 Å². The van der Waals surface area contributed by atoms with Crippen molar-refractivity contribution in [3.63, 3.8) is 0 Å². The van der Waals surface area contributed by atoms with Gasteiger partial charge in [0, 0.05) is 12.6 Å². The molecule has 0 saturated heterocycles. The molecule has 2 aromatic rings. The fraction of sp³-hybridized carbons (Fsp3) is 0.214. The maximum Gasteiger partial charge on any atom is 0.264 e. The smallest absolute Gasteiger partial charge is 0.264 e. The van der Waals surface area contributed by atoms with E-state index in [4.69, 9.17) is 0 Å². The van der Waals surface area contributed by atoms with Crippen LogP contribution in [-0.4, -0.2) is 22.1 Å². The van der Waals surface area contributed by atoms with Gasteiger partial charge in [-0.25, -0.2) is 5.10 Å². The van der Waals surface area contributed by atoms with Crippen molar-refractivity contribution in [1.82, 2.24) is 15.5 Å². The maximum atomic E-state index is 12.2. The molecule has 0 unspecified atom stereocenters. The second-order valence-corrected chi connectivity index (χ2v) is 4.70. The van der Waals surface area contributed by atoms with Gasteiger partial charge in [-0.3, -0.25) is 9.59 Å². The van der Waals surface area contributed by atoms with Crippen LogP contribution in [0.15, 0.2) is 41.2 Å². The summed E-state index contributed by atoms with van der Waals surface area (Å²) in [5, 5.41) is 11.9. The SMILES string of the molecule is O=C(Nc1ccc(=O)[nH]n1)[C@H]1Cc2ccccc2CN1. The number of hydrogen-bond acceptors (Lipinski definition) is 4. The Labute approximate surface area is 115 Å². The molecule has 1 atom stereocenters. The predicted molar refractivity (Wildman–Crippen MR) is 74.3 cm³/mol. The normalized spacial score (nSPS) is 17.3. The van der Waals surface area contributed by atoms with Crippen molar-refractivity contribution in [3.05, 3.63) is 57.9 Å². The molecule has 3 rings (SSSR count). The van der Waals surface area contributed by atoms with Gasteiger partial charge >= 0.3 is 0 Å². The summed E-state index contributed by atoms with van der Waals surface area (Å²) in [6.45, 7) is 0.674. The molecule has 0 aliphatic carbocycles. The maximum absolute atomic E-state index is 12.2. The molecule has 3 N–H and O–H groups in total. The summed E-state index contributed by atoms with van der Waals surface area (Å²) < 4.78 is 0. The van der Waals surface area contributed by atoms with Crippen LogP contribution in [0.4, 0.5) is 5.82 Å². The first kappa shape index (κ1) is 12.6. The molecule has 0 saturated carbocycles. The number of hydrogen-bond donors (Lipinski definition) is 3. The zero-order valence-electron chi connectivity index (χ0n) is 10.7. The van der Waals surface area contributed by atoms with Gasteiger partial charge in [0.2, 0.25) is 5.91 Å². The number of carbonyl (C=O) groups excluding carboxylic acids is 1. The molecule has 0 fully saturated rings. The summed E-state index contributed by atoms with van der Waals surface area (Å²) >= 11 is 0. The number of H-pyrrole nitrogens is 1. The lowest BCUT2D eigenvalue weighted by Crippen LogP contribution is -2.44. The summed E-state index contributed by atoms with van der Waals surface area (Å²) in [7, 11) is 0. The van der Waals surface area contributed by atoms with E-state index in [-0.39, 0.29) is 17.5 Å². The number of aromatic nitrogens is 2. The minimum atomic E-state index is -0.298. The lowest BCUT2D eigenvalue weighted by Gasteiger charge is -2.25. The molecule has 0 radical (unpaired) electrons. The van der Waals surface area contributed by atoms with Crippen LogP contribution in [0.5, 0.6) is 0 Å². The summed E-state index contributed by atoms with van der Waals surface area (Å²) in [4.78, 5) is 23.1. The fourth-order valence-corrected chi connectivity index (χ4v) is 2.27. The van der Waals surface area contributed by atoms with Gasteiger partial charge in [-0.1, -0.05) is 24.3 Å². The molecule has 1 aromatic heterocycles. The number of nitrogens with one attached hydrogen (secondary N) is 3. The Hall–Kier alpha value is -2.47.